The first-order valence-corrected chi connectivity index (χ1v) is 16.2. The van der Waals surface area contributed by atoms with E-state index in [1.165, 1.54) is 31.3 Å². The summed E-state index contributed by atoms with van der Waals surface area (Å²) in [7, 11) is -1.29. The van der Waals surface area contributed by atoms with Crippen molar-refractivity contribution in [3.63, 3.8) is 0 Å². The van der Waals surface area contributed by atoms with Gasteiger partial charge in [0.25, 0.3) is 10.0 Å². The first-order valence-electron chi connectivity index (χ1n) is 14.7. The van der Waals surface area contributed by atoms with Crippen LogP contribution in [0.15, 0.2) is 83.8 Å². The van der Waals surface area contributed by atoms with Crippen LogP contribution in [0.1, 0.15) is 51.0 Å². The summed E-state index contributed by atoms with van der Waals surface area (Å²) in [5.74, 6) is 0.0739. The van der Waals surface area contributed by atoms with Crippen LogP contribution in [0.5, 0.6) is 11.5 Å². The summed E-state index contributed by atoms with van der Waals surface area (Å²) in [6, 6.07) is 21.3. The first-order chi connectivity index (χ1) is 20.8. The summed E-state index contributed by atoms with van der Waals surface area (Å²) < 4.78 is 40.0. The summed E-state index contributed by atoms with van der Waals surface area (Å²) in [4.78, 5) is 29.4. The summed E-state index contributed by atoms with van der Waals surface area (Å²) in [5.41, 5.74) is 1.05. The number of hydrogen-bond acceptors (Lipinski definition) is 6. The molecule has 1 aliphatic carbocycles. The number of nitrogens with zero attached hydrogens (tertiary/aromatic N) is 2. The van der Waals surface area contributed by atoms with E-state index in [-0.39, 0.29) is 29.1 Å². The minimum Gasteiger partial charge on any atom is -0.497 e. The molecule has 0 saturated heterocycles. The lowest BCUT2D eigenvalue weighted by molar-refractivity contribution is -0.140. The summed E-state index contributed by atoms with van der Waals surface area (Å²) >= 11 is 0. The van der Waals surface area contributed by atoms with Crippen molar-refractivity contribution in [2.45, 2.75) is 69.0 Å². The minimum atomic E-state index is -4.24. The van der Waals surface area contributed by atoms with E-state index >= 15 is 0 Å². The second-order valence-electron chi connectivity index (χ2n) is 10.6. The van der Waals surface area contributed by atoms with Crippen molar-refractivity contribution >= 4 is 27.5 Å². The van der Waals surface area contributed by atoms with Crippen LogP contribution in [0.4, 0.5) is 5.69 Å². The molecule has 0 aromatic heterocycles. The summed E-state index contributed by atoms with van der Waals surface area (Å²) in [6.07, 6.45) is 5.48. The monoisotopic (exact) mass is 607 g/mol. The molecule has 4 rings (SSSR count). The van der Waals surface area contributed by atoms with Crippen LogP contribution in [-0.2, 0) is 26.2 Å². The Morgan fingerprint density at radius 1 is 0.884 bits per heavy atom. The highest BCUT2D eigenvalue weighted by atomic mass is 32.2. The fraction of sp³-hybridized carbons (Fsp3) is 0.394. The molecule has 3 aromatic carbocycles. The zero-order valence-electron chi connectivity index (χ0n) is 25.1. The Labute approximate surface area is 254 Å². The van der Waals surface area contributed by atoms with E-state index in [9.17, 15) is 18.0 Å². The van der Waals surface area contributed by atoms with Gasteiger partial charge in [-0.05, 0) is 61.2 Å². The average Bonchev–Trinajstić information content (AvgIpc) is 3.04. The number of amides is 2. The van der Waals surface area contributed by atoms with Gasteiger partial charge in [-0.15, -0.1) is 0 Å². The van der Waals surface area contributed by atoms with Crippen molar-refractivity contribution in [3.05, 3.63) is 84.4 Å². The van der Waals surface area contributed by atoms with Gasteiger partial charge in [0, 0.05) is 12.6 Å². The molecule has 10 heteroatoms. The molecule has 0 radical (unpaired) electrons. The van der Waals surface area contributed by atoms with E-state index in [0.717, 1.165) is 42.0 Å². The van der Waals surface area contributed by atoms with Crippen LogP contribution >= 0.6 is 0 Å². The fourth-order valence-corrected chi connectivity index (χ4v) is 6.89. The Bertz CT molecular complexity index is 1460. The first kappa shape index (κ1) is 31.9. The van der Waals surface area contributed by atoms with Crippen LogP contribution in [0.2, 0.25) is 0 Å². The fourth-order valence-electron chi connectivity index (χ4n) is 5.47. The SMILES string of the molecule is CCC(C(=O)NC1CCCCC1)N(Cc1ccccc1)C(=O)CN(c1ccccc1OC)S(=O)(=O)c1ccc(OC)cc1. The highest BCUT2D eigenvalue weighted by molar-refractivity contribution is 7.92. The van der Waals surface area contributed by atoms with E-state index in [1.54, 1.807) is 36.4 Å². The molecule has 0 heterocycles. The van der Waals surface area contributed by atoms with Crippen molar-refractivity contribution in [2.75, 3.05) is 25.1 Å². The number of nitrogens with one attached hydrogen (secondary N) is 1. The quantitative estimate of drug-likeness (QED) is 0.288. The molecular formula is C33H41N3O6S. The standard InChI is InChI=1S/C33H41N3O6S/c1-4-29(33(38)34-26-15-9-6-10-16-26)35(23-25-13-7-5-8-14-25)32(37)24-36(30-17-11-12-18-31(30)42-3)43(39,40)28-21-19-27(41-2)20-22-28/h5,7-8,11-14,17-22,26,29H,4,6,9-10,15-16,23-24H2,1-3H3,(H,34,38). The summed E-state index contributed by atoms with van der Waals surface area (Å²) in [5, 5.41) is 3.16. The predicted molar refractivity (Wildman–Crippen MR) is 167 cm³/mol. The zero-order chi connectivity index (χ0) is 30.8. The van der Waals surface area contributed by atoms with E-state index in [0.29, 0.717) is 17.9 Å². The topological polar surface area (TPSA) is 105 Å². The van der Waals surface area contributed by atoms with Crippen molar-refractivity contribution in [3.8, 4) is 11.5 Å². The average molecular weight is 608 g/mol. The lowest BCUT2D eigenvalue weighted by Gasteiger charge is -2.34. The number of hydrogen-bond donors (Lipinski definition) is 1. The third kappa shape index (κ3) is 7.87. The third-order valence-corrected chi connectivity index (χ3v) is 9.59. The third-order valence-electron chi connectivity index (χ3n) is 7.81. The molecule has 0 spiro atoms. The molecule has 3 aromatic rings. The maximum Gasteiger partial charge on any atom is 0.264 e. The Hall–Kier alpha value is -4.05. The van der Waals surface area contributed by atoms with Gasteiger partial charge >= 0.3 is 0 Å². The Morgan fingerprint density at radius 3 is 2.16 bits per heavy atom. The Kier molecular flexibility index (Phi) is 11.1. The molecule has 2 amide bonds. The van der Waals surface area contributed by atoms with Crippen molar-refractivity contribution < 1.29 is 27.5 Å². The molecule has 1 fully saturated rings. The smallest absolute Gasteiger partial charge is 0.264 e. The van der Waals surface area contributed by atoms with Crippen LogP contribution in [0, 0.1) is 0 Å². The van der Waals surface area contributed by atoms with Gasteiger partial charge in [0.05, 0.1) is 24.8 Å². The van der Waals surface area contributed by atoms with Gasteiger partial charge in [0.15, 0.2) is 0 Å². The van der Waals surface area contributed by atoms with Crippen molar-refractivity contribution in [1.29, 1.82) is 0 Å². The van der Waals surface area contributed by atoms with Crippen LogP contribution in [-0.4, -0.2) is 58.0 Å². The molecule has 1 N–H and O–H groups in total. The lowest BCUT2D eigenvalue weighted by Crippen LogP contribution is -2.54. The van der Waals surface area contributed by atoms with E-state index in [1.807, 2.05) is 37.3 Å². The Balaban J connectivity index is 1.72. The highest BCUT2D eigenvalue weighted by Crippen LogP contribution is 2.33. The predicted octanol–water partition coefficient (Wildman–Crippen LogP) is 5.16. The van der Waals surface area contributed by atoms with Crippen molar-refractivity contribution in [2.24, 2.45) is 0 Å². The van der Waals surface area contributed by atoms with Gasteiger partial charge in [0.1, 0.15) is 24.1 Å². The number of para-hydroxylation sites is 2. The van der Waals surface area contributed by atoms with Gasteiger partial charge in [0.2, 0.25) is 11.8 Å². The van der Waals surface area contributed by atoms with Crippen molar-refractivity contribution in [1.82, 2.24) is 10.2 Å². The lowest BCUT2D eigenvalue weighted by atomic mass is 9.95. The molecule has 0 aliphatic heterocycles. The van der Waals surface area contributed by atoms with E-state index in [4.69, 9.17) is 9.47 Å². The van der Waals surface area contributed by atoms with E-state index < -0.39 is 28.5 Å². The number of methoxy groups -OCH3 is 2. The normalized spacial score (nSPS) is 14.4. The second kappa shape index (κ2) is 14.9. The van der Waals surface area contributed by atoms with Gasteiger partial charge in [-0.1, -0.05) is 68.7 Å². The van der Waals surface area contributed by atoms with Gasteiger partial charge < -0.3 is 19.7 Å². The summed E-state index contributed by atoms with van der Waals surface area (Å²) in [6.45, 7) is 1.48. The largest absolute Gasteiger partial charge is 0.497 e. The molecular weight excluding hydrogens is 566 g/mol. The molecule has 1 aliphatic rings. The molecule has 1 atom stereocenters. The number of ether oxygens (including phenoxy) is 2. The van der Waals surface area contributed by atoms with Gasteiger partial charge in [-0.3, -0.25) is 13.9 Å². The number of carbonyl (C=O) groups is 2. The molecule has 0 bridgehead atoms. The molecule has 43 heavy (non-hydrogen) atoms. The molecule has 230 valence electrons. The number of sulfonamides is 1. The van der Waals surface area contributed by atoms with E-state index in [2.05, 4.69) is 5.32 Å². The zero-order valence-corrected chi connectivity index (χ0v) is 25.9. The number of anilines is 1. The number of rotatable bonds is 13. The van der Waals surface area contributed by atoms with Gasteiger partial charge in [-0.25, -0.2) is 8.42 Å². The van der Waals surface area contributed by atoms with Gasteiger partial charge in [-0.2, -0.15) is 0 Å². The molecule has 1 saturated carbocycles. The van der Waals surface area contributed by atoms with Crippen LogP contribution < -0.4 is 19.1 Å². The molecule has 1 unspecified atom stereocenters. The van der Waals surface area contributed by atoms with Crippen LogP contribution in [0.25, 0.3) is 0 Å². The number of benzene rings is 3. The maximum atomic E-state index is 14.3. The highest BCUT2D eigenvalue weighted by Gasteiger charge is 2.35. The van der Waals surface area contributed by atoms with Crippen LogP contribution in [0.3, 0.4) is 0 Å². The maximum absolute atomic E-state index is 14.3. The Morgan fingerprint density at radius 2 is 1.53 bits per heavy atom. The minimum absolute atomic E-state index is 0.0105. The second-order valence-corrected chi connectivity index (χ2v) is 12.5. The number of carbonyl (C=O) groups excluding carboxylic acids is 2. The molecule has 9 nitrogen and oxygen atoms in total.